The third-order valence-electron chi connectivity index (χ3n) is 6.26. The van der Waals surface area contributed by atoms with Gasteiger partial charge in [-0.2, -0.15) is 0 Å². The van der Waals surface area contributed by atoms with Gasteiger partial charge in [-0.3, -0.25) is 0 Å². The van der Waals surface area contributed by atoms with Crippen molar-refractivity contribution in [2.45, 2.75) is 50.3 Å². The molecule has 1 aliphatic heterocycles. The predicted molar refractivity (Wildman–Crippen MR) is 129 cm³/mol. The summed E-state index contributed by atoms with van der Waals surface area (Å²) in [6, 6.07) is 15.2. The van der Waals surface area contributed by atoms with Crippen LogP contribution in [-0.2, 0) is 18.4 Å². The lowest BCUT2D eigenvalue weighted by Gasteiger charge is -2.27. The number of aromatic nitrogens is 3. The maximum atomic E-state index is 10.7. The first kappa shape index (κ1) is 22.0. The van der Waals surface area contributed by atoms with Crippen molar-refractivity contribution in [2.24, 2.45) is 5.73 Å². The Bertz CT molecular complexity index is 1310. The Hall–Kier alpha value is -2.85. The molecule has 2 atom stereocenters. The zero-order chi connectivity index (χ0) is 23.4. The maximum Gasteiger partial charge on any atom is 0.264 e. The van der Waals surface area contributed by atoms with Crippen LogP contribution >= 0.6 is 11.9 Å². The van der Waals surface area contributed by atoms with Gasteiger partial charge in [-0.05, 0) is 49.9 Å². The number of nitrogens with one attached hydrogen (secondary N) is 1. The van der Waals surface area contributed by atoms with Gasteiger partial charge in [0.15, 0.2) is 0 Å². The van der Waals surface area contributed by atoms with Crippen LogP contribution in [0.15, 0.2) is 52.9 Å². The van der Waals surface area contributed by atoms with E-state index in [1.165, 1.54) is 0 Å². The molecule has 9 heteroatoms. The summed E-state index contributed by atoms with van der Waals surface area (Å²) in [4.78, 5) is 0. The second-order valence-corrected chi connectivity index (χ2v) is 9.83. The van der Waals surface area contributed by atoms with Gasteiger partial charge in [-0.25, -0.2) is 0 Å². The number of aryl methyl sites for hydroxylation is 1. The Morgan fingerprint density at radius 1 is 1.21 bits per heavy atom. The van der Waals surface area contributed by atoms with Crippen LogP contribution in [0, 0.1) is 0 Å². The van der Waals surface area contributed by atoms with Crippen LogP contribution in [0.4, 0.5) is 5.69 Å². The molecule has 8 nitrogen and oxygen atoms in total. The van der Waals surface area contributed by atoms with Gasteiger partial charge in [-0.15, -0.1) is 10.2 Å². The minimum atomic E-state index is -2.05. The molecular weight excluding hydrogens is 438 g/mol. The summed E-state index contributed by atoms with van der Waals surface area (Å²) in [5, 5.41) is 29.0. The Morgan fingerprint density at radius 3 is 2.70 bits per heavy atom. The lowest BCUT2D eigenvalue weighted by Crippen LogP contribution is -2.36. The summed E-state index contributed by atoms with van der Waals surface area (Å²) in [6.45, 7) is 5.71. The predicted octanol–water partition coefficient (Wildman–Crippen LogP) is 3.94. The zero-order valence-corrected chi connectivity index (χ0v) is 19.6. The van der Waals surface area contributed by atoms with Crippen LogP contribution in [0.25, 0.3) is 22.5 Å². The molecule has 4 aromatic rings. The molecule has 172 valence electrons. The quantitative estimate of drug-likeness (QED) is 0.258. The van der Waals surface area contributed by atoms with Gasteiger partial charge >= 0.3 is 0 Å². The lowest BCUT2D eigenvalue weighted by atomic mass is 9.94. The van der Waals surface area contributed by atoms with Crippen molar-refractivity contribution in [3.63, 3.8) is 0 Å². The molecule has 0 saturated heterocycles. The minimum Gasteiger partial charge on any atom is -0.417 e. The summed E-state index contributed by atoms with van der Waals surface area (Å²) in [5.74, 6) is 0.608. The molecule has 1 aliphatic rings. The Balaban J connectivity index is 1.64. The van der Waals surface area contributed by atoms with E-state index < -0.39 is 16.7 Å². The Morgan fingerprint density at radius 2 is 1.97 bits per heavy atom. The highest BCUT2D eigenvalue weighted by Crippen LogP contribution is 2.45. The summed E-state index contributed by atoms with van der Waals surface area (Å²) in [7, 11) is 0. The van der Waals surface area contributed by atoms with Crippen molar-refractivity contribution < 1.29 is 14.6 Å². The third-order valence-corrected chi connectivity index (χ3v) is 7.22. The van der Waals surface area contributed by atoms with E-state index in [9.17, 15) is 10.2 Å². The molecule has 0 aliphatic carbocycles. The van der Waals surface area contributed by atoms with E-state index in [2.05, 4.69) is 21.8 Å². The third kappa shape index (κ3) is 3.71. The Labute approximate surface area is 195 Å². The molecular formula is C24H27N5O3S. The zero-order valence-electron chi connectivity index (χ0n) is 18.7. The van der Waals surface area contributed by atoms with Crippen molar-refractivity contribution in [1.82, 2.24) is 14.8 Å². The highest BCUT2D eigenvalue weighted by atomic mass is 32.2. The first-order chi connectivity index (χ1) is 15.7. The van der Waals surface area contributed by atoms with E-state index >= 15 is 0 Å². The van der Waals surface area contributed by atoms with Gasteiger partial charge in [0.05, 0.1) is 22.8 Å². The monoisotopic (exact) mass is 465 g/mol. The van der Waals surface area contributed by atoms with Crippen molar-refractivity contribution in [3.05, 3.63) is 65.5 Å². The molecule has 0 radical (unpaired) electrons. The molecule has 5 rings (SSSR count). The van der Waals surface area contributed by atoms with Gasteiger partial charge in [0.2, 0.25) is 5.89 Å². The molecule has 0 bridgehead atoms. The van der Waals surface area contributed by atoms with Crippen LogP contribution in [0.5, 0.6) is 0 Å². The van der Waals surface area contributed by atoms with Crippen LogP contribution in [0.3, 0.4) is 0 Å². The molecule has 0 fully saturated rings. The van der Waals surface area contributed by atoms with E-state index in [1.807, 2.05) is 60.0 Å². The lowest BCUT2D eigenvalue weighted by molar-refractivity contribution is -0.107. The van der Waals surface area contributed by atoms with Crippen molar-refractivity contribution in [3.8, 4) is 11.6 Å². The first-order valence-corrected chi connectivity index (χ1v) is 11.8. The van der Waals surface area contributed by atoms with Crippen molar-refractivity contribution >= 4 is 28.5 Å². The highest BCUT2D eigenvalue weighted by molar-refractivity contribution is 8.01. The number of rotatable bonds is 5. The molecule has 0 amide bonds. The van der Waals surface area contributed by atoms with E-state index in [0.717, 1.165) is 46.1 Å². The fourth-order valence-corrected chi connectivity index (χ4v) is 5.09. The van der Waals surface area contributed by atoms with E-state index in [0.29, 0.717) is 18.0 Å². The number of aliphatic hydroxyl groups is 2. The number of anilines is 1. The fourth-order valence-electron chi connectivity index (χ4n) is 4.39. The molecule has 0 saturated carbocycles. The van der Waals surface area contributed by atoms with Crippen LogP contribution in [0.1, 0.15) is 43.8 Å². The molecule has 5 N–H and O–H groups in total. The van der Waals surface area contributed by atoms with Crippen LogP contribution in [0.2, 0.25) is 0 Å². The smallest absolute Gasteiger partial charge is 0.264 e. The fraction of sp³-hybridized carbons (Fsp3) is 0.333. The van der Waals surface area contributed by atoms with Crippen molar-refractivity contribution in [1.29, 1.82) is 0 Å². The van der Waals surface area contributed by atoms with E-state index in [4.69, 9.17) is 10.2 Å². The van der Waals surface area contributed by atoms with E-state index in [1.54, 1.807) is 6.92 Å². The average Bonchev–Trinajstić information content (AvgIpc) is 3.41. The minimum absolute atomic E-state index is 0.286. The number of nitrogens with zero attached hydrogens (tertiary/aromatic N) is 3. The maximum absolute atomic E-state index is 10.7. The van der Waals surface area contributed by atoms with Crippen molar-refractivity contribution in [2.75, 3.05) is 4.72 Å². The first-order valence-electron chi connectivity index (χ1n) is 10.9. The second-order valence-electron chi connectivity index (χ2n) is 8.82. The second kappa shape index (κ2) is 7.88. The average molecular weight is 466 g/mol. The summed E-state index contributed by atoms with van der Waals surface area (Å²) < 4.78 is 11.1. The summed E-state index contributed by atoms with van der Waals surface area (Å²) in [5.41, 5.74) is 10.2. The van der Waals surface area contributed by atoms with E-state index in [-0.39, 0.29) is 5.89 Å². The molecule has 1 unspecified atom stereocenters. The van der Waals surface area contributed by atoms with Gasteiger partial charge in [0.25, 0.3) is 11.0 Å². The normalized spacial score (nSPS) is 19.2. The molecule has 2 aromatic heterocycles. The number of benzene rings is 2. The number of hydrogen-bond acceptors (Lipinski definition) is 8. The SMILES string of the molecule is CCc1ccc2c3c1cc(-c1nnc([C@](C)(N)Cc4ccccc4)o1)n3C(C)C(O)(O)SN2. The highest BCUT2D eigenvalue weighted by Gasteiger charge is 2.40. The summed E-state index contributed by atoms with van der Waals surface area (Å²) >= 11 is 0.865. The molecule has 0 spiro atoms. The van der Waals surface area contributed by atoms with Crippen LogP contribution in [-0.4, -0.2) is 30.1 Å². The van der Waals surface area contributed by atoms with Crippen LogP contribution < -0.4 is 10.5 Å². The standard InChI is InChI=1S/C24H27N5O3S/c1-4-16-10-11-18-20-17(16)12-19(29(20)14(2)24(30,31)33-28-18)21-26-27-22(32-21)23(3,25)13-15-8-6-5-7-9-15/h5-12,14,28,30-31H,4,13,25H2,1-3H3/t14?,23-/m1/s1. The topological polar surface area (TPSA) is 122 Å². The molecule has 2 aromatic carbocycles. The number of hydrogen-bond donors (Lipinski definition) is 4. The van der Waals surface area contributed by atoms with Gasteiger partial charge in [-0.1, -0.05) is 43.3 Å². The largest absolute Gasteiger partial charge is 0.417 e. The van der Waals surface area contributed by atoms with Gasteiger partial charge < -0.3 is 29.7 Å². The molecule has 3 heterocycles. The Kier molecular flexibility index (Phi) is 5.24. The van der Waals surface area contributed by atoms with Gasteiger partial charge in [0, 0.05) is 17.3 Å². The molecule has 33 heavy (non-hydrogen) atoms. The number of nitrogens with two attached hydrogens (primary N) is 1. The van der Waals surface area contributed by atoms with Gasteiger partial charge in [0.1, 0.15) is 5.69 Å². The summed E-state index contributed by atoms with van der Waals surface area (Å²) in [6.07, 6.45) is 1.37.